The molecule has 1 aromatic carbocycles. The van der Waals surface area contributed by atoms with Gasteiger partial charge in [-0.05, 0) is 49.1 Å². The van der Waals surface area contributed by atoms with E-state index in [4.69, 9.17) is 4.74 Å². The molecule has 0 saturated carbocycles. The minimum absolute atomic E-state index is 0.0488. The van der Waals surface area contributed by atoms with Gasteiger partial charge in [0.1, 0.15) is 5.82 Å². The molecule has 30 heavy (non-hydrogen) atoms. The van der Waals surface area contributed by atoms with Gasteiger partial charge in [-0.3, -0.25) is 4.98 Å². The maximum absolute atomic E-state index is 13.2. The molecule has 2 aromatic heterocycles. The van der Waals surface area contributed by atoms with Crippen LogP contribution >= 0.6 is 0 Å². The minimum Gasteiger partial charge on any atom is -0.373 e. The van der Waals surface area contributed by atoms with Crippen LogP contribution in [0.15, 0.2) is 66.1 Å². The molecule has 1 aliphatic heterocycles. The second-order valence-electron chi connectivity index (χ2n) is 7.32. The second-order valence-corrected chi connectivity index (χ2v) is 9.26. The number of aromatic nitrogens is 3. The first-order chi connectivity index (χ1) is 14.5. The summed E-state index contributed by atoms with van der Waals surface area (Å²) in [5.41, 5.74) is 2.59. The molecule has 0 amide bonds. The molecule has 4 rings (SSSR count). The summed E-state index contributed by atoms with van der Waals surface area (Å²) >= 11 is 0. The van der Waals surface area contributed by atoms with Crippen LogP contribution < -0.4 is 0 Å². The Bertz CT molecular complexity index is 1080. The number of hydrogen-bond donors (Lipinski definition) is 0. The van der Waals surface area contributed by atoms with Crippen LogP contribution in [0, 0.1) is 6.92 Å². The zero-order valence-corrected chi connectivity index (χ0v) is 17.6. The summed E-state index contributed by atoms with van der Waals surface area (Å²) in [7, 11) is -3.56. The molecule has 3 heterocycles. The topological polar surface area (TPSA) is 85.3 Å². The highest BCUT2D eigenvalue weighted by atomic mass is 32.2. The van der Waals surface area contributed by atoms with Gasteiger partial charge in [0, 0.05) is 43.4 Å². The molecule has 0 unspecified atom stereocenters. The van der Waals surface area contributed by atoms with E-state index in [2.05, 4.69) is 15.0 Å². The van der Waals surface area contributed by atoms with Crippen molar-refractivity contribution in [3.8, 4) is 11.1 Å². The average molecular weight is 425 g/mol. The Morgan fingerprint density at radius 1 is 1.03 bits per heavy atom. The average Bonchev–Trinajstić information content (AvgIpc) is 2.79. The number of aryl methyl sites for hydroxylation is 1. The Hall–Kier alpha value is -2.68. The fraction of sp³-hybridized carbons (Fsp3) is 0.318. The van der Waals surface area contributed by atoms with Gasteiger partial charge in [-0.2, -0.15) is 4.31 Å². The third-order valence-electron chi connectivity index (χ3n) is 5.20. The second kappa shape index (κ2) is 8.99. The van der Waals surface area contributed by atoms with Gasteiger partial charge in [-0.1, -0.05) is 18.2 Å². The monoisotopic (exact) mass is 424 g/mol. The quantitative estimate of drug-likeness (QED) is 0.604. The van der Waals surface area contributed by atoms with Crippen molar-refractivity contribution in [3.05, 3.63) is 72.6 Å². The third kappa shape index (κ3) is 4.72. The van der Waals surface area contributed by atoms with Crippen molar-refractivity contribution < 1.29 is 13.2 Å². The van der Waals surface area contributed by atoms with E-state index < -0.39 is 10.0 Å². The Morgan fingerprint density at radius 2 is 1.80 bits per heavy atom. The number of hydrogen-bond acceptors (Lipinski definition) is 6. The predicted octanol–water partition coefficient (Wildman–Crippen LogP) is 3.22. The molecule has 0 spiro atoms. The summed E-state index contributed by atoms with van der Waals surface area (Å²) in [5.74, 6) is 0.677. The van der Waals surface area contributed by atoms with E-state index in [1.54, 1.807) is 47.3 Å². The van der Waals surface area contributed by atoms with Gasteiger partial charge in [0.25, 0.3) is 0 Å². The maximum atomic E-state index is 13.2. The fourth-order valence-corrected chi connectivity index (χ4v) is 4.98. The van der Waals surface area contributed by atoms with Crippen molar-refractivity contribution in [1.29, 1.82) is 0 Å². The largest absolute Gasteiger partial charge is 0.373 e. The molecule has 3 aromatic rings. The van der Waals surface area contributed by atoms with Crippen LogP contribution in [0.4, 0.5) is 0 Å². The predicted molar refractivity (Wildman–Crippen MR) is 113 cm³/mol. The lowest BCUT2D eigenvalue weighted by Gasteiger charge is -2.31. The first kappa shape index (κ1) is 20.6. The highest BCUT2D eigenvalue weighted by Crippen LogP contribution is 2.26. The Labute approximate surface area is 176 Å². The normalized spacial score (nSPS) is 15.9. The van der Waals surface area contributed by atoms with E-state index in [1.165, 1.54) is 0 Å². The molecule has 8 heteroatoms. The van der Waals surface area contributed by atoms with Gasteiger partial charge in [-0.25, -0.2) is 18.4 Å². The number of benzene rings is 1. The van der Waals surface area contributed by atoms with Crippen molar-refractivity contribution in [2.75, 3.05) is 13.1 Å². The van der Waals surface area contributed by atoms with Gasteiger partial charge in [-0.15, -0.1) is 0 Å². The first-order valence-electron chi connectivity index (χ1n) is 9.92. The van der Waals surface area contributed by atoms with Crippen LogP contribution in [-0.4, -0.2) is 46.9 Å². The van der Waals surface area contributed by atoms with Crippen LogP contribution in [0.1, 0.15) is 24.2 Å². The van der Waals surface area contributed by atoms with E-state index in [1.807, 2.05) is 25.1 Å². The molecule has 0 N–H and O–H groups in total. The van der Waals surface area contributed by atoms with Crippen molar-refractivity contribution in [3.63, 3.8) is 0 Å². The standard InChI is InChI=1S/C22H24N4O3S/c1-17-24-14-20(15-25-17)19-5-2-6-22(12-19)30(27,28)26-10-7-21(8-11-26)29-16-18-4-3-9-23-13-18/h2-6,9,12-15,21H,7-8,10-11,16H2,1H3. The van der Waals surface area contributed by atoms with E-state index >= 15 is 0 Å². The SMILES string of the molecule is Cc1ncc(-c2cccc(S(=O)(=O)N3CCC(OCc4cccnc4)CC3)c2)cn1. The summed E-state index contributed by atoms with van der Waals surface area (Å²) < 4.78 is 33.8. The minimum atomic E-state index is -3.56. The van der Waals surface area contributed by atoms with Gasteiger partial charge >= 0.3 is 0 Å². The lowest BCUT2D eigenvalue weighted by Crippen LogP contribution is -2.40. The zero-order chi connectivity index (χ0) is 21.0. The van der Waals surface area contributed by atoms with Crippen LogP contribution in [-0.2, 0) is 21.4 Å². The summed E-state index contributed by atoms with van der Waals surface area (Å²) in [4.78, 5) is 12.8. The Balaban J connectivity index is 1.41. The number of ether oxygens (including phenoxy) is 1. The Morgan fingerprint density at radius 3 is 2.50 bits per heavy atom. The van der Waals surface area contributed by atoms with E-state index in [0.29, 0.717) is 38.4 Å². The summed E-state index contributed by atoms with van der Waals surface area (Å²) in [5, 5.41) is 0. The summed E-state index contributed by atoms with van der Waals surface area (Å²) in [6, 6.07) is 10.8. The smallest absolute Gasteiger partial charge is 0.243 e. The molecule has 0 atom stereocenters. The molecule has 156 valence electrons. The molecule has 0 bridgehead atoms. The summed E-state index contributed by atoms with van der Waals surface area (Å²) in [6.45, 7) is 3.19. The summed E-state index contributed by atoms with van der Waals surface area (Å²) in [6.07, 6.45) is 8.32. The molecule has 0 aliphatic carbocycles. The molecule has 7 nitrogen and oxygen atoms in total. The fourth-order valence-electron chi connectivity index (χ4n) is 3.46. The third-order valence-corrected chi connectivity index (χ3v) is 7.09. The van der Waals surface area contributed by atoms with E-state index in [9.17, 15) is 8.42 Å². The van der Waals surface area contributed by atoms with Gasteiger partial charge in [0.2, 0.25) is 10.0 Å². The van der Waals surface area contributed by atoms with Crippen molar-refractivity contribution in [2.24, 2.45) is 0 Å². The van der Waals surface area contributed by atoms with E-state index in [0.717, 1.165) is 16.7 Å². The number of piperidine rings is 1. The number of rotatable bonds is 6. The molecule has 0 radical (unpaired) electrons. The number of pyridine rings is 1. The van der Waals surface area contributed by atoms with Crippen molar-refractivity contribution in [2.45, 2.75) is 37.4 Å². The van der Waals surface area contributed by atoms with Gasteiger partial charge in [0.15, 0.2) is 0 Å². The lowest BCUT2D eigenvalue weighted by molar-refractivity contribution is 0.0101. The molecular formula is C22H24N4O3S. The highest BCUT2D eigenvalue weighted by molar-refractivity contribution is 7.89. The van der Waals surface area contributed by atoms with Crippen molar-refractivity contribution >= 4 is 10.0 Å². The van der Waals surface area contributed by atoms with Crippen LogP contribution in [0.3, 0.4) is 0 Å². The van der Waals surface area contributed by atoms with Crippen LogP contribution in [0.2, 0.25) is 0 Å². The molecular weight excluding hydrogens is 400 g/mol. The number of sulfonamides is 1. The highest BCUT2D eigenvalue weighted by Gasteiger charge is 2.30. The van der Waals surface area contributed by atoms with Gasteiger partial charge in [0.05, 0.1) is 17.6 Å². The van der Waals surface area contributed by atoms with E-state index in [-0.39, 0.29) is 11.0 Å². The maximum Gasteiger partial charge on any atom is 0.243 e. The first-order valence-corrected chi connectivity index (χ1v) is 11.4. The molecule has 1 saturated heterocycles. The lowest BCUT2D eigenvalue weighted by atomic mass is 10.1. The zero-order valence-electron chi connectivity index (χ0n) is 16.8. The Kier molecular flexibility index (Phi) is 6.17. The van der Waals surface area contributed by atoms with Crippen molar-refractivity contribution in [1.82, 2.24) is 19.3 Å². The molecule has 1 aliphatic rings. The number of nitrogens with zero attached hydrogens (tertiary/aromatic N) is 4. The molecule has 1 fully saturated rings. The van der Waals surface area contributed by atoms with Crippen LogP contribution in [0.25, 0.3) is 11.1 Å². The van der Waals surface area contributed by atoms with Gasteiger partial charge < -0.3 is 4.74 Å². The van der Waals surface area contributed by atoms with Crippen LogP contribution in [0.5, 0.6) is 0 Å².